The average Bonchev–Trinajstić information content (AvgIpc) is 2.82. The largest absolute Gasteiger partial charge is 0.385 e. The molecule has 0 fully saturated rings. The molecule has 0 aliphatic heterocycles. The fourth-order valence-electron chi connectivity index (χ4n) is 4.37. The summed E-state index contributed by atoms with van der Waals surface area (Å²) in [5, 5.41) is 0. The Labute approximate surface area is 224 Å². The molecule has 0 rings (SSSR count). The molecule has 0 aliphatic rings. The first-order valence-corrected chi connectivity index (χ1v) is 16.4. The van der Waals surface area contributed by atoms with Gasteiger partial charge >= 0.3 is 7.60 Å². The molecule has 6 nitrogen and oxygen atoms in total. The summed E-state index contributed by atoms with van der Waals surface area (Å²) in [5.74, 6) is -0.441. The maximum absolute atomic E-state index is 12.8. The van der Waals surface area contributed by atoms with Crippen molar-refractivity contribution in [2.24, 2.45) is 0 Å². The third-order valence-corrected chi connectivity index (χ3v) is 8.92. The Kier molecular flexibility index (Phi) is 22.6. The number of rotatable bonds is 26. The lowest BCUT2D eigenvalue weighted by Crippen LogP contribution is -2.45. The third kappa shape index (κ3) is 19.8. The molecule has 1 N–H and O–H groups in total. The summed E-state index contributed by atoms with van der Waals surface area (Å²) in [5.41, 5.74) is 0. The Balaban J connectivity index is 3.73. The molecule has 0 aromatic carbocycles. The fourth-order valence-corrected chi connectivity index (χ4v) is 6.38. The van der Waals surface area contributed by atoms with Gasteiger partial charge in [-0.3, -0.25) is 4.57 Å². The van der Waals surface area contributed by atoms with Gasteiger partial charge in [-0.1, -0.05) is 83.8 Å². The fraction of sp³-hybridized carbons (Fsp3) is 0.931. The number of unbranched alkanes of at least 4 members (excludes halogenated alkanes) is 12. The summed E-state index contributed by atoms with van der Waals surface area (Å²) < 4.78 is 29.9. The molecule has 0 heterocycles. The quantitative estimate of drug-likeness (QED) is 0.0526. The van der Waals surface area contributed by atoms with Gasteiger partial charge in [-0.05, 0) is 38.5 Å². The van der Waals surface area contributed by atoms with Gasteiger partial charge in [-0.2, -0.15) is 0 Å². The first-order valence-electron chi connectivity index (χ1n) is 14.7. The van der Waals surface area contributed by atoms with Crippen molar-refractivity contribution in [2.75, 3.05) is 48.1 Å². The second-order valence-corrected chi connectivity index (χ2v) is 13.1. The van der Waals surface area contributed by atoms with E-state index in [2.05, 4.69) is 19.1 Å². The van der Waals surface area contributed by atoms with Crippen molar-refractivity contribution in [3.8, 4) is 0 Å². The van der Waals surface area contributed by atoms with Crippen LogP contribution in [0.5, 0.6) is 0 Å². The minimum atomic E-state index is -3.75. The van der Waals surface area contributed by atoms with Crippen LogP contribution in [-0.2, 0) is 18.6 Å². The predicted octanol–water partition coefficient (Wildman–Crippen LogP) is 8.09. The Hall–Kier alpha value is -0.230. The van der Waals surface area contributed by atoms with Crippen LogP contribution in [0.1, 0.15) is 117 Å². The maximum atomic E-state index is 12.8. The van der Waals surface area contributed by atoms with Crippen LogP contribution in [0.4, 0.5) is 0 Å². The topological polar surface area (TPSA) is 65.0 Å². The van der Waals surface area contributed by atoms with Crippen molar-refractivity contribution >= 4 is 7.60 Å². The van der Waals surface area contributed by atoms with Crippen molar-refractivity contribution in [2.45, 2.75) is 128 Å². The molecule has 216 valence electrons. The molecule has 3 atom stereocenters. The lowest BCUT2D eigenvalue weighted by Gasteiger charge is -2.36. The van der Waals surface area contributed by atoms with E-state index in [0.29, 0.717) is 24.1 Å². The summed E-state index contributed by atoms with van der Waals surface area (Å²) in [4.78, 5) is 10.5. The zero-order chi connectivity index (χ0) is 27.1. The van der Waals surface area contributed by atoms with E-state index in [9.17, 15) is 9.46 Å². The van der Waals surface area contributed by atoms with Crippen LogP contribution in [0.3, 0.4) is 0 Å². The molecule has 7 heteroatoms. The molecule has 2 unspecified atom stereocenters. The van der Waals surface area contributed by atoms with Crippen LogP contribution < -0.4 is 0 Å². The number of hydrogen-bond donors (Lipinski definition) is 1. The Morgan fingerprint density at radius 1 is 0.778 bits per heavy atom. The highest BCUT2D eigenvalue weighted by Crippen LogP contribution is 2.51. The summed E-state index contributed by atoms with van der Waals surface area (Å²) in [6, 6.07) is 0. The number of methoxy groups -OCH3 is 1. The zero-order valence-corrected chi connectivity index (χ0v) is 25.6. The molecule has 0 radical (unpaired) electrons. The van der Waals surface area contributed by atoms with Crippen molar-refractivity contribution in [3.05, 3.63) is 12.2 Å². The molecule has 0 saturated carbocycles. The highest BCUT2D eigenvalue weighted by Gasteiger charge is 2.42. The number of ether oxygens (including phenoxy) is 2. The van der Waals surface area contributed by atoms with Crippen molar-refractivity contribution in [1.82, 2.24) is 0 Å². The van der Waals surface area contributed by atoms with Crippen LogP contribution in [0.25, 0.3) is 0 Å². The minimum Gasteiger partial charge on any atom is -0.379 e. The maximum Gasteiger partial charge on any atom is 0.385 e. The molecule has 0 amide bonds. The van der Waals surface area contributed by atoms with Crippen molar-refractivity contribution in [3.63, 3.8) is 0 Å². The van der Waals surface area contributed by atoms with E-state index in [-0.39, 0.29) is 12.7 Å². The van der Waals surface area contributed by atoms with Gasteiger partial charge in [0.25, 0.3) is 0 Å². The average molecular weight is 535 g/mol. The highest BCUT2D eigenvalue weighted by atomic mass is 31.2. The van der Waals surface area contributed by atoms with Crippen LogP contribution in [0, 0.1) is 0 Å². The van der Waals surface area contributed by atoms with E-state index in [1.165, 1.54) is 83.5 Å². The van der Waals surface area contributed by atoms with E-state index in [1.54, 1.807) is 7.11 Å². The Bertz CT molecular complexity index is 564. The molecule has 0 aliphatic carbocycles. The van der Waals surface area contributed by atoms with Gasteiger partial charge in [-0.15, -0.1) is 0 Å². The third-order valence-electron chi connectivity index (χ3n) is 6.70. The second-order valence-electron chi connectivity index (χ2n) is 11.1. The van der Waals surface area contributed by atoms with Gasteiger partial charge in [-0.25, -0.2) is 0 Å². The zero-order valence-electron chi connectivity index (χ0n) is 24.7. The molecule has 36 heavy (non-hydrogen) atoms. The molecular weight excluding hydrogens is 473 g/mol. The standard InChI is InChI=1S/C29H60NO5P/c1-7-9-10-11-12-13-14-15-16-17-18-19-20-21-22-23-25-34-26-28(33-6)27-35-36(31,32)29(24-8-2)30(3,4)5/h12-13,28-29H,7-11,14-27H2,1-6H3/p+1/b13-12-/t28-,29?/m1/s1. The normalized spacial score (nSPS) is 15.9. The number of quaternary nitrogens is 1. The van der Waals surface area contributed by atoms with E-state index in [4.69, 9.17) is 14.0 Å². The molecule has 0 saturated heterocycles. The first-order chi connectivity index (χ1) is 17.2. The van der Waals surface area contributed by atoms with Gasteiger partial charge < -0.3 is 23.4 Å². The summed E-state index contributed by atoms with van der Waals surface area (Å²) in [6.07, 6.45) is 23.9. The van der Waals surface area contributed by atoms with Crippen LogP contribution in [0.2, 0.25) is 0 Å². The van der Waals surface area contributed by atoms with Crippen molar-refractivity contribution in [1.29, 1.82) is 0 Å². The molecular formula is C29H61NO5P+. The number of allylic oxidation sites excluding steroid dienone is 2. The van der Waals surface area contributed by atoms with Crippen molar-refractivity contribution < 1.29 is 27.9 Å². The predicted molar refractivity (Wildman–Crippen MR) is 154 cm³/mol. The SMILES string of the molecule is CCCCC/C=C\CCCCCCCCCCCOC[C@H](COP(=O)(O)C(CCC)[N+](C)(C)C)OC. The lowest BCUT2D eigenvalue weighted by atomic mass is 10.1. The van der Waals surface area contributed by atoms with E-state index in [0.717, 1.165) is 12.8 Å². The van der Waals surface area contributed by atoms with Gasteiger partial charge in [0.15, 0.2) is 5.78 Å². The van der Waals surface area contributed by atoms with Gasteiger partial charge in [0.2, 0.25) is 0 Å². The molecule has 0 aromatic rings. The van der Waals surface area contributed by atoms with E-state index < -0.39 is 13.4 Å². The van der Waals surface area contributed by atoms with Gasteiger partial charge in [0.1, 0.15) is 6.10 Å². The van der Waals surface area contributed by atoms with Gasteiger partial charge in [0, 0.05) is 20.1 Å². The van der Waals surface area contributed by atoms with Crippen LogP contribution in [0.15, 0.2) is 12.2 Å². The summed E-state index contributed by atoms with van der Waals surface area (Å²) in [7, 11) is 3.63. The monoisotopic (exact) mass is 534 g/mol. The van der Waals surface area contributed by atoms with Gasteiger partial charge in [0.05, 0.1) is 34.4 Å². The number of hydrogen-bond acceptors (Lipinski definition) is 4. The molecule has 0 bridgehead atoms. The van der Waals surface area contributed by atoms with Crippen LogP contribution in [-0.4, -0.2) is 69.3 Å². The summed E-state index contributed by atoms with van der Waals surface area (Å²) in [6.45, 7) is 5.42. The smallest absolute Gasteiger partial charge is 0.379 e. The second kappa shape index (κ2) is 22.7. The lowest BCUT2D eigenvalue weighted by molar-refractivity contribution is -0.883. The Morgan fingerprint density at radius 3 is 1.81 bits per heavy atom. The van der Waals surface area contributed by atoms with E-state index in [1.807, 2.05) is 28.1 Å². The molecule has 0 spiro atoms. The summed E-state index contributed by atoms with van der Waals surface area (Å²) >= 11 is 0. The highest BCUT2D eigenvalue weighted by molar-refractivity contribution is 7.53. The van der Waals surface area contributed by atoms with Crippen LogP contribution >= 0.6 is 7.60 Å². The van der Waals surface area contributed by atoms with E-state index >= 15 is 0 Å². The molecule has 0 aromatic heterocycles. The number of nitrogens with zero attached hydrogens (tertiary/aromatic N) is 1. The first kappa shape index (κ1) is 35.8. The Morgan fingerprint density at radius 2 is 1.31 bits per heavy atom. The minimum absolute atomic E-state index is 0.0692.